The molecule has 0 unspecified atom stereocenters. The molecule has 4 nitrogen and oxygen atoms in total. The average molecular weight is 223 g/mol. The van der Waals surface area contributed by atoms with E-state index in [-0.39, 0.29) is 0 Å². The van der Waals surface area contributed by atoms with Gasteiger partial charge in [0, 0.05) is 31.5 Å². The standard InChI is InChI=1S/C10H11ClN4/c1-15-9(11)8(6-12)14-10(15)7-2-4-13-5-3-7/h2-5H,6,12H2,1H3. The molecule has 0 saturated heterocycles. The van der Waals surface area contributed by atoms with Crippen LogP contribution in [0.5, 0.6) is 0 Å². The van der Waals surface area contributed by atoms with Gasteiger partial charge in [-0.1, -0.05) is 11.6 Å². The van der Waals surface area contributed by atoms with Crippen molar-refractivity contribution in [3.8, 4) is 11.4 Å². The molecule has 0 saturated carbocycles. The third kappa shape index (κ3) is 1.73. The Balaban J connectivity index is 2.55. The van der Waals surface area contributed by atoms with Gasteiger partial charge in [0.05, 0.1) is 5.69 Å². The van der Waals surface area contributed by atoms with Gasteiger partial charge in [0.25, 0.3) is 0 Å². The normalized spacial score (nSPS) is 10.6. The van der Waals surface area contributed by atoms with Gasteiger partial charge in [-0.3, -0.25) is 4.98 Å². The number of pyridine rings is 1. The minimum Gasteiger partial charge on any atom is -0.325 e. The van der Waals surface area contributed by atoms with E-state index in [2.05, 4.69) is 9.97 Å². The fourth-order valence-electron chi connectivity index (χ4n) is 1.42. The van der Waals surface area contributed by atoms with E-state index in [1.807, 2.05) is 23.7 Å². The molecule has 0 aliphatic rings. The lowest BCUT2D eigenvalue weighted by atomic mass is 10.2. The molecule has 78 valence electrons. The second-order valence-electron chi connectivity index (χ2n) is 3.17. The highest BCUT2D eigenvalue weighted by molar-refractivity contribution is 6.30. The summed E-state index contributed by atoms with van der Waals surface area (Å²) in [5, 5.41) is 0.587. The van der Waals surface area contributed by atoms with E-state index in [1.165, 1.54) is 0 Å². The molecule has 0 radical (unpaired) electrons. The van der Waals surface area contributed by atoms with Crippen LogP contribution in [0.4, 0.5) is 0 Å². The lowest BCUT2D eigenvalue weighted by molar-refractivity contribution is 0.921. The van der Waals surface area contributed by atoms with Crippen molar-refractivity contribution in [1.29, 1.82) is 0 Å². The van der Waals surface area contributed by atoms with Crippen molar-refractivity contribution in [3.63, 3.8) is 0 Å². The molecule has 0 aliphatic carbocycles. The summed E-state index contributed by atoms with van der Waals surface area (Å²) in [7, 11) is 1.87. The molecule has 2 rings (SSSR count). The lowest BCUT2D eigenvalue weighted by Crippen LogP contribution is -1.97. The number of rotatable bonds is 2. The van der Waals surface area contributed by atoms with E-state index in [0.717, 1.165) is 11.4 Å². The van der Waals surface area contributed by atoms with Gasteiger partial charge < -0.3 is 10.3 Å². The lowest BCUT2D eigenvalue weighted by Gasteiger charge is -2.00. The molecule has 0 aliphatic heterocycles. The number of hydrogen-bond acceptors (Lipinski definition) is 3. The van der Waals surface area contributed by atoms with Crippen molar-refractivity contribution in [2.45, 2.75) is 6.54 Å². The van der Waals surface area contributed by atoms with Gasteiger partial charge in [0.2, 0.25) is 0 Å². The molecule has 0 bridgehead atoms. The first-order valence-corrected chi connectivity index (χ1v) is 4.93. The average Bonchev–Trinajstić information content (AvgIpc) is 2.57. The van der Waals surface area contributed by atoms with Gasteiger partial charge in [-0.15, -0.1) is 0 Å². The van der Waals surface area contributed by atoms with Crippen LogP contribution in [0.15, 0.2) is 24.5 Å². The molecule has 0 fully saturated rings. The summed E-state index contributed by atoms with van der Waals surface area (Å²) in [6.45, 7) is 0.345. The molecule has 5 heteroatoms. The Morgan fingerprint density at radius 2 is 2.07 bits per heavy atom. The Labute approximate surface area is 92.7 Å². The first-order valence-electron chi connectivity index (χ1n) is 4.55. The summed E-state index contributed by atoms with van der Waals surface area (Å²) in [6.07, 6.45) is 3.44. The minimum atomic E-state index is 0.345. The second kappa shape index (κ2) is 4.00. The van der Waals surface area contributed by atoms with Crippen LogP contribution in [0.25, 0.3) is 11.4 Å². The quantitative estimate of drug-likeness (QED) is 0.840. The van der Waals surface area contributed by atoms with Gasteiger partial charge in [0.1, 0.15) is 11.0 Å². The summed E-state index contributed by atoms with van der Waals surface area (Å²) in [6, 6.07) is 3.78. The number of hydrogen-bond donors (Lipinski definition) is 1. The van der Waals surface area contributed by atoms with Gasteiger partial charge in [-0.2, -0.15) is 0 Å². The predicted octanol–water partition coefficient (Wildman–Crippen LogP) is 1.59. The van der Waals surface area contributed by atoms with Crippen LogP contribution in [-0.2, 0) is 13.6 Å². The number of imidazole rings is 1. The zero-order valence-corrected chi connectivity index (χ0v) is 9.07. The molecular formula is C10H11ClN4. The number of nitrogens with zero attached hydrogens (tertiary/aromatic N) is 3. The number of aromatic nitrogens is 3. The van der Waals surface area contributed by atoms with Crippen molar-refractivity contribution in [2.75, 3.05) is 0 Å². The summed E-state index contributed by atoms with van der Waals surface area (Å²) in [5.41, 5.74) is 7.23. The Hall–Kier alpha value is -1.39. The van der Waals surface area contributed by atoms with E-state index in [0.29, 0.717) is 17.4 Å². The monoisotopic (exact) mass is 222 g/mol. The molecule has 2 heterocycles. The van der Waals surface area contributed by atoms with Crippen molar-refractivity contribution >= 4 is 11.6 Å². The number of nitrogens with two attached hydrogens (primary N) is 1. The second-order valence-corrected chi connectivity index (χ2v) is 3.53. The third-order valence-corrected chi connectivity index (χ3v) is 2.69. The van der Waals surface area contributed by atoms with Crippen LogP contribution in [-0.4, -0.2) is 14.5 Å². The van der Waals surface area contributed by atoms with E-state index in [4.69, 9.17) is 17.3 Å². The molecule has 2 N–H and O–H groups in total. The summed E-state index contributed by atoms with van der Waals surface area (Å²) >= 11 is 6.07. The van der Waals surface area contributed by atoms with Crippen LogP contribution in [0.1, 0.15) is 5.69 Å². The maximum Gasteiger partial charge on any atom is 0.141 e. The highest BCUT2D eigenvalue weighted by atomic mass is 35.5. The van der Waals surface area contributed by atoms with Crippen LogP contribution in [0, 0.1) is 0 Å². The minimum absolute atomic E-state index is 0.345. The first kappa shape index (κ1) is 10.1. The maximum atomic E-state index is 6.07. The van der Waals surface area contributed by atoms with E-state index >= 15 is 0 Å². The van der Waals surface area contributed by atoms with Crippen LogP contribution >= 0.6 is 11.6 Å². The van der Waals surface area contributed by atoms with Crippen molar-refractivity contribution in [2.24, 2.45) is 12.8 Å². The molecule has 0 spiro atoms. The van der Waals surface area contributed by atoms with E-state index in [9.17, 15) is 0 Å². The Bertz CT molecular complexity index is 464. The molecule has 0 amide bonds. The summed E-state index contributed by atoms with van der Waals surface area (Å²) < 4.78 is 1.82. The van der Waals surface area contributed by atoms with Crippen LogP contribution < -0.4 is 5.73 Å². The molecule has 0 aromatic carbocycles. The largest absolute Gasteiger partial charge is 0.325 e. The van der Waals surface area contributed by atoms with Crippen LogP contribution in [0.3, 0.4) is 0 Å². The predicted molar refractivity (Wildman–Crippen MR) is 59.3 cm³/mol. The SMILES string of the molecule is Cn1c(-c2ccncc2)nc(CN)c1Cl. The molecule has 2 aromatic rings. The van der Waals surface area contributed by atoms with Crippen LogP contribution in [0.2, 0.25) is 5.15 Å². The Morgan fingerprint density at radius 1 is 1.40 bits per heavy atom. The molecular weight excluding hydrogens is 212 g/mol. The highest BCUT2D eigenvalue weighted by Crippen LogP contribution is 2.23. The Kier molecular flexibility index (Phi) is 2.70. The van der Waals surface area contributed by atoms with Crippen molar-refractivity contribution in [1.82, 2.24) is 14.5 Å². The van der Waals surface area contributed by atoms with E-state index < -0.39 is 0 Å². The maximum absolute atomic E-state index is 6.07. The fourth-order valence-corrected chi connectivity index (χ4v) is 1.62. The van der Waals surface area contributed by atoms with Gasteiger partial charge in [-0.25, -0.2) is 4.98 Å². The Morgan fingerprint density at radius 3 is 2.60 bits per heavy atom. The molecule has 15 heavy (non-hydrogen) atoms. The summed E-state index contributed by atoms with van der Waals surface area (Å²) in [5.74, 6) is 0.808. The molecule has 2 aromatic heterocycles. The first-order chi connectivity index (χ1) is 7.24. The van der Waals surface area contributed by atoms with Crippen molar-refractivity contribution in [3.05, 3.63) is 35.4 Å². The van der Waals surface area contributed by atoms with Crippen molar-refractivity contribution < 1.29 is 0 Å². The topological polar surface area (TPSA) is 56.7 Å². The highest BCUT2D eigenvalue weighted by Gasteiger charge is 2.12. The van der Waals surface area contributed by atoms with Gasteiger partial charge in [-0.05, 0) is 12.1 Å². The zero-order chi connectivity index (χ0) is 10.8. The van der Waals surface area contributed by atoms with Gasteiger partial charge in [0.15, 0.2) is 0 Å². The summed E-state index contributed by atoms with van der Waals surface area (Å²) in [4.78, 5) is 8.33. The smallest absolute Gasteiger partial charge is 0.141 e. The van der Waals surface area contributed by atoms with Gasteiger partial charge >= 0.3 is 0 Å². The molecule has 0 atom stereocenters. The number of halogens is 1. The third-order valence-electron chi connectivity index (χ3n) is 2.22. The zero-order valence-electron chi connectivity index (χ0n) is 8.31. The van der Waals surface area contributed by atoms with E-state index in [1.54, 1.807) is 12.4 Å². The fraction of sp³-hybridized carbons (Fsp3) is 0.200.